The highest BCUT2D eigenvalue weighted by Gasteiger charge is 2.11. The number of benzene rings is 1. The van der Waals surface area contributed by atoms with E-state index in [4.69, 9.17) is 19.5 Å². The Morgan fingerprint density at radius 2 is 1.65 bits per heavy atom. The zero-order valence-electron chi connectivity index (χ0n) is 10.4. The summed E-state index contributed by atoms with van der Waals surface area (Å²) in [5, 5.41) is 8.80. The van der Waals surface area contributed by atoms with Gasteiger partial charge >= 0.3 is 0 Å². The van der Waals surface area contributed by atoms with Gasteiger partial charge < -0.3 is 14.2 Å². The molecule has 1 aromatic carbocycles. The molecule has 0 aromatic heterocycles. The number of allylic oxidation sites excluding steroid dienone is 1. The molecular formula is C13H15NO3. The van der Waals surface area contributed by atoms with Crippen molar-refractivity contribution in [3.8, 4) is 23.3 Å². The second-order valence-corrected chi connectivity index (χ2v) is 3.38. The molecule has 0 aliphatic heterocycles. The van der Waals surface area contributed by atoms with Gasteiger partial charge in [0.1, 0.15) is 17.2 Å². The number of nitriles is 1. The standard InChI is InChI=1S/C13H15NO3/c1-9(8-14)5-11-12(16-3)6-10(15-2)7-13(11)17-4/h5-7H,1-4H3. The lowest BCUT2D eigenvalue weighted by Crippen LogP contribution is -1.95. The Labute approximate surface area is 101 Å². The highest BCUT2D eigenvalue weighted by molar-refractivity contribution is 5.69. The van der Waals surface area contributed by atoms with Crippen LogP contribution in [0, 0.1) is 11.3 Å². The van der Waals surface area contributed by atoms with Crippen molar-refractivity contribution in [1.82, 2.24) is 0 Å². The first-order valence-electron chi connectivity index (χ1n) is 5.04. The van der Waals surface area contributed by atoms with E-state index in [1.54, 1.807) is 46.5 Å². The van der Waals surface area contributed by atoms with Gasteiger partial charge in [0.2, 0.25) is 0 Å². The summed E-state index contributed by atoms with van der Waals surface area (Å²) in [6.07, 6.45) is 1.72. The van der Waals surface area contributed by atoms with Gasteiger partial charge in [-0.3, -0.25) is 0 Å². The number of methoxy groups -OCH3 is 3. The summed E-state index contributed by atoms with van der Waals surface area (Å²) >= 11 is 0. The lowest BCUT2D eigenvalue weighted by molar-refractivity contribution is 0.374. The van der Waals surface area contributed by atoms with Gasteiger partial charge in [0.05, 0.1) is 33.0 Å². The van der Waals surface area contributed by atoms with Crippen molar-refractivity contribution in [2.75, 3.05) is 21.3 Å². The van der Waals surface area contributed by atoms with E-state index >= 15 is 0 Å². The van der Waals surface area contributed by atoms with Crippen LogP contribution in [0.2, 0.25) is 0 Å². The Hall–Kier alpha value is -2.15. The van der Waals surface area contributed by atoms with Gasteiger partial charge in [0.25, 0.3) is 0 Å². The highest BCUT2D eigenvalue weighted by atomic mass is 16.5. The molecule has 4 heteroatoms. The maximum absolute atomic E-state index is 8.80. The van der Waals surface area contributed by atoms with E-state index in [-0.39, 0.29) is 0 Å². The van der Waals surface area contributed by atoms with Crippen LogP contribution in [0.4, 0.5) is 0 Å². The molecule has 17 heavy (non-hydrogen) atoms. The zero-order chi connectivity index (χ0) is 12.8. The Bertz CT molecular complexity index is 447. The molecule has 0 heterocycles. The van der Waals surface area contributed by atoms with Crippen LogP contribution in [-0.4, -0.2) is 21.3 Å². The number of hydrogen-bond donors (Lipinski definition) is 0. The molecule has 0 saturated carbocycles. The molecule has 0 bridgehead atoms. The molecule has 4 nitrogen and oxygen atoms in total. The van der Waals surface area contributed by atoms with Crippen molar-refractivity contribution in [3.63, 3.8) is 0 Å². The van der Waals surface area contributed by atoms with Gasteiger partial charge in [-0.05, 0) is 13.0 Å². The summed E-state index contributed by atoms with van der Waals surface area (Å²) < 4.78 is 15.7. The zero-order valence-corrected chi connectivity index (χ0v) is 10.4. The number of nitrogens with zero attached hydrogens (tertiary/aromatic N) is 1. The predicted molar refractivity (Wildman–Crippen MR) is 65.4 cm³/mol. The maximum atomic E-state index is 8.80. The quantitative estimate of drug-likeness (QED) is 0.750. The monoisotopic (exact) mass is 233 g/mol. The fourth-order valence-corrected chi connectivity index (χ4v) is 1.42. The van der Waals surface area contributed by atoms with Crippen molar-refractivity contribution < 1.29 is 14.2 Å². The van der Waals surface area contributed by atoms with E-state index < -0.39 is 0 Å². The van der Waals surface area contributed by atoms with Gasteiger partial charge in [-0.25, -0.2) is 0 Å². The SMILES string of the molecule is COc1cc(OC)c(C=C(C)C#N)c(OC)c1. The van der Waals surface area contributed by atoms with E-state index in [0.29, 0.717) is 22.8 Å². The molecule has 0 atom stereocenters. The maximum Gasteiger partial charge on any atom is 0.133 e. The Morgan fingerprint density at radius 3 is 2.00 bits per heavy atom. The second-order valence-electron chi connectivity index (χ2n) is 3.38. The fraction of sp³-hybridized carbons (Fsp3) is 0.308. The van der Waals surface area contributed by atoms with Crippen LogP contribution in [0.5, 0.6) is 17.2 Å². The van der Waals surface area contributed by atoms with Crippen LogP contribution in [0.15, 0.2) is 17.7 Å². The Morgan fingerprint density at radius 1 is 1.12 bits per heavy atom. The van der Waals surface area contributed by atoms with Crippen LogP contribution in [0.1, 0.15) is 12.5 Å². The average Bonchev–Trinajstić information content (AvgIpc) is 2.38. The lowest BCUT2D eigenvalue weighted by atomic mass is 10.1. The molecule has 0 amide bonds. The summed E-state index contributed by atoms with van der Waals surface area (Å²) in [6.45, 7) is 1.73. The van der Waals surface area contributed by atoms with Crippen LogP contribution in [-0.2, 0) is 0 Å². The average molecular weight is 233 g/mol. The topological polar surface area (TPSA) is 51.5 Å². The number of ether oxygens (including phenoxy) is 3. The van der Waals surface area contributed by atoms with Gasteiger partial charge in [0.15, 0.2) is 0 Å². The summed E-state index contributed by atoms with van der Waals surface area (Å²) in [7, 11) is 4.70. The molecule has 1 rings (SSSR count). The van der Waals surface area contributed by atoms with E-state index in [9.17, 15) is 0 Å². The third kappa shape index (κ3) is 2.91. The first-order valence-corrected chi connectivity index (χ1v) is 5.04. The molecule has 0 saturated heterocycles. The largest absolute Gasteiger partial charge is 0.496 e. The normalized spacial score (nSPS) is 10.6. The van der Waals surface area contributed by atoms with Crippen molar-refractivity contribution in [2.24, 2.45) is 0 Å². The highest BCUT2D eigenvalue weighted by Crippen LogP contribution is 2.35. The third-order valence-corrected chi connectivity index (χ3v) is 2.29. The molecule has 0 N–H and O–H groups in total. The van der Waals surface area contributed by atoms with Crippen molar-refractivity contribution in [1.29, 1.82) is 5.26 Å². The summed E-state index contributed by atoms with van der Waals surface area (Å²) in [6, 6.07) is 5.56. The second kappa shape index (κ2) is 5.80. The molecule has 0 aliphatic rings. The van der Waals surface area contributed by atoms with Crippen LogP contribution in [0.25, 0.3) is 6.08 Å². The minimum atomic E-state index is 0.576. The molecule has 0 unspecified atom stereocenters. The van der Waals surface area contributed by atoms with E-state index in [1.807, 2.05) is 0 Å². The molecule has 0 fully saturated rings. The van der Waals surface area contributed by atoms with Crippen molar-refractivity contribution >= 4 is 6.08 Å². The molecule has 0 radical (unpaired) electrons. The first kappa shape index (κ1) is 12.9. The smallest absolute Gasteiger partial charge is 0.133 e. The Kier molecular flexibility index (Phi) is 4.41. The molecule has 90 valence electrons. The summed E-state index contributed by atoms with van der Waals surface area (Å²) in [5.41, 5.74) is 1.31. The molecule has 0 spiro atoms. The van der Waals surface area contributed by atoms with Gasteiger partial charge in [-0.2, -0.15) is 5.26 Å². The van der Waals surface area contributed by atoms with Crippen molar-refractivity contribution in [2.45, 2.75) is 6.92 Å². The first-order chi connectivity index (χ1) is 8.15. The summed E-state index contributed by atoms with van der Waals surface area (Å²) in [5.74, 6) is 1.86. The summed E-state index contributed by atoms with van der Waals surface area (Å²) in [4.78, 5) is 0. The molecule has 1 aromatic rings. The third-order valence-electron chi connectivity index (χ3n) is 2.29. The van der Waals surface area contributed by atoms with Crippen LogP contribution < -0.4 is 14.2 Å². The van der Waals surface area contributed by atoms with Crippen molar-refractivity contribution in [3.05, 3.63) is 23.3 Å². The molecular weight excluding hydrogens is 218 g/mol. The minimum absolute atomic E-state index is 0.576. The van der Waals surface area contributed by atoms with E-state index in [0.717, 1.165) is 5.56 Å². The van der Waals surface area contributed by atoms with Gasteiger partial charge in [-0.15, -0.1) is 0 Å². The Balaban J connectivity index is 3.41. The predicted octanol–water partition coefficient (Wildman–Crippen LogP) is 2.64. The molecule has 0 aliphatic carbocycles. The van der Waals surface area contributed by atoms with Crippen LogP contribution >= 0.6 is 0 Å². The number of rotatable bonds is 4. The fourth-order valence-electron chi connectivity index (χ4n) is 1.42. The van der Waals surface area contributed by atoms with Crippen LogP contribution in [0.3, 0.4) is 0 Å². The van der Waals surface area contributed by atoms with E-state index in [1.165, 1.54) is 0 Å². The van der Waals surface area contributed by atoms with E-state index in [2.05, 4.69) is 6.07 Å². The van der Waals surface area contributed by atoms with Gasteiger partial charge in [-0.1, -0.05) is 0 Å². The minimum Gasteiger partial charge on any atom is -0.496 e. The number of hydrogen-bond acceptors (Lipinski definition) is 4. The lowest BCUT2D eigenvalue weighted by Gasteiger charge is -2.12. The van der Waals surface area contributed by atoms with Gasteiger partial charge in [0, 0.05) is 17.7 Å².